The van der Waals surface area contributed by atoms with E-state index in [1.807, 2.05) is 34.6 Å². The van der Waals surface area contributed by atoms with Crippen molar-refractivity contribution in [3.63, 3.8) is 0 Å². The van der Waals surface area contributed by atoms with Crippen LogP contribution in [0.15, 0.2) is 0 Å². The zero-order valence-electron chi connectivity index (χ0n) is 16.6. The van der Waals surface area contributed by atoms with E-state index in [2.05, 4.69) is 0 Å². The maximum absolute atomic E-state index is 13.1. The van der Waals surface area contributed by atoms with E-state index in [-0.39, 0.29) is 30.6 Å². The van der Waals surface area contributed by atoms with Crippen molar-refractivity contribution in [2.45, 2.75) is 77.6 Å². The van der Waals surface area contributed by atoms with Crippen LogP contribution in [0, 0.1) is 11.8 Å². The van der Waals surface area contributed by atoms with Crippen LogP contribution in [0.3, 0.4) is 0 Å². The molecule has 3 fully saturated rings. The Morgan fingerprint density at radius 1 is 1.31 bits per heavy atom. The lowest BCUT2D eigenvalue weighted by Crippen LogP contribution is -2.51. The number of hydrogen-bond donors (Lipinski definition) is 0. The highest BCUT2D eigenvalue weighted by molar-refractivity contribution is 5.93. The van der Waals surface area contributed by atoms with Gasteiger partial charge in [0, 0.05) is 12.6 Å². The van der Waals surface area contributed by atoms with Crippen LogP contribution in [-0.4, -0.2) is 64.1 Å². The maximum atomic E-state index is 13.1. The van der Waals surface area contributed by atoms with Gasteiger partial charge in [0.1, 0.15) is 5.60 Å². The Morgan fingerprint density at radius 3 is 2.50 bits per heavy atom. The number of likely N-dealkylation sites (tertiary alicyclic amines) is 1. The summed E-state index contributed by atoms with van der Waals surface area (Å²) < 4.78 is 10.9. The van der Waals surface area contributed by atoms with Gasteiger partial charge in [-0.1, -0.05) is 0 Å². The molecule has 0 aromatic carbocycles. The molecule has 26 heavy (non-hydrogen) atoms. The molecule has 0 radical (unpaired) electrons. The molecule has 0 aromatic heterocycles. The van der Waals surface area contributed by atoms with Gasteiger partial charge in [-0.05, 0) is 54.4 Å². The van der Waals surface area contributed by atoms with Crippen molar-refractivity contribution < 1.29 is 23.9 Å². The second kappa shape index (κ2) is 6.13. The minimum Gasteiger partial charge on any atom is -0.466 e. The second-order valence-electron chi connectivity index (χ2n) is 8.88. The van der Waals surface area contributed by atoms with Crippen LogP contribution < -0.4 is 0 Å². The van der Waals surface area contributed by atoms with Crippen LogP contribution in [0.2, 0.25) is 0 Å². The standard InChI is InChI=1S/C19H30N2O5/c1-7-25-16(23)13-12-8-9-19(21(12)17(24)26-18(4,5)6)10-20(11(2)3)15(22)14(13)19/h11-14H,7-10H2,1-6H3/t12-,13+,14+,19-/m0/s1. The summed E-state index contributed by atoms with van der Waals surface area (Å²) in [4.78, 5) is 42.3. The lowest BCUT2D eigenvalue weighted by Gasteiger charge is -2.35. The van der Waals surface area contributed by atoms with Crippen molar-refractivity contribution in [3.05, 3.63) is 0 Å². The van der Waals surface area contributed by atoms with Gasteiger partial charge in [-0.25, -0.2) is 4.79 Å². The third-order valence-electron chi connectivity index (χ3n) is 5.80. The Labute approximate surface area is 155 Å². The van der Waals surface area contributed by atoms with Gasteiger partial charge in [-0.15, -0.1) is 0 Å². The molecular weight excluding hydrogens is 336 g/mol. The number of carbonyl (C=O) groups is 3. The molecule has 7 heteroatoms. The van der Waals surface area contributed by atoms with Gasteiger partial charge in [0.15, 0.2) is 0 Å². The molecule has 0 N–H and O–H groups in total. The summed E-state index contributed by atoms with van der Waals surface area (Å²) in [7, 11) is 0. The Balaban J connectivity index is 2.01. The van der Waals surface area contributed by atoms with Crippen molar-refractivity contribution in [2.24, 2.45) is 11.8 Å². The molecule has 0 aliphatic carbocycles. The Kier molecular flexibility index (Phi) is 4.48. The van der Waals surface area contributed by atoms with E-state index in [1.165, 1.54) is 0 Å². The molecule has 0 aromatic rings. The van der Waals surface area contributed by atoms with Gasteiger partial charge in [0.25, 0.3) is 0 Å². The van der Waals surface area contributed by atoms with Gasteiger partial charge in [0.2, 0.25) is 5.91 Å². The van der Waals surface area contributed by atoms with Crippen molar-refractivity contribution in [1.82, 2.24) is 9.80 Å². The lowest BCUT2D eigenvalue weighted by molar-refractivity contribution is -0.154. The summed E-state index contributed by atoms with van der Waals surface area (Å²) in [6, 6.07) is -0.308. The molecule has 3 aliphatic heterocycles. The second-order valence-corrected chi connectivity index (χ2v) is 8.88. The highest BCUT2D eigenvalue weighted by Gasteiger charge is 2.73. The van der Waals surface area contributed by atoms with Crippen molar-refractivity contribution in [1.29, 1.82) is 0 Å². The predicted octanol–water partition coefficient (Wildman–Crippen LogP) is 2.18. The number of amides is 2. The fourth-order valence-electron chi connectivity index (χ4n) is 4.97. The number of esters is 1. The normalized spacial score (nSPS) is 33.0. The minimum atomic E-state index is -0.661. The van der Waals surface area contributed by atoms with Crippen LogP contribution in [0.25, 0.3) is 0 Å². The summed E-state index contributed by atoms with van der Waals surface area (Å²) in [5, 5.41) is 0. The first-order chi connectivity index (χ1) is 12.0. The maximum Gasteiger partial charge on any atom is 0.411 e. The van der Waals surface area contributed by atoms with E-state index in [1.54, 1.807) is 16.7 Å². The smallest absolute Gasteiger partial charge is 0.411 e. The number of nitrogens with zero attached hydrogens (tertiary/aromatic N) is 2. The van der Waals surface area contributed by atoms with E-state index in [0.29, 0.717) is 19.4 Å². The zero-order chi connectivity index (χ0) is 19.4. The quantitative estimate of drug-likeness (QED) is 0.716. The molecule has 2 amide bonds. The molecule has 4 atom stereocenters. The van der Waals surface area contributed by atoms with Crippen LogP contribution in [0.1, 0.15) is 54.4 Å². The minimum absolute atomic E-state index is 0.0184. The Bertz CT molecular complexity index is 626. The summed E-state index contributed by atoms with van der Waals surface area (Å²) >= 11 is 0. The van der Waals surface area contributed by atoms with E-state index < -0.39 is 29.1 Å². The summed E-state index contributed by atoms with van der Waals surface area (Å²) in [5.41, 5.74) is -1.29. The first kappa shape index (κ1) is 19.0. The highest BCUT2D eigenvalue weighted by Crippen LogP contribution is 2.58. The molecule has 2 bridgehead atoms. The van der Waals surface area contributed by atoms with Gasteiger partial charge in [0.05, 0.1) is 30.0 Å². The molecule has 0 saturated carbocycles. The highest BCUT2D eigenvalue weighted by atomic mass is 16.6. The third kappa shape index (κ3) is 2.67. The number of ether oxygens (including phenoxy) is 2. The average molecular weight is 366 g/mol. The van der Waals surface area contributed by atoms with Crippen LogP contribution in [0.4, 0.5) is 4.79 Å². The average Bonchev–Trinajstić information content (AvgIpc) is 3.10. The van der Waals surface area contributed by atoms with Crippen molar-refractivity contribution >= 4 is 18.0 Å². The predicted molar refractivity (Wildman–Crippen MR) is 94.3 cm³/mol. The summed E-state index contributed by atoms with van der Waals surface area (Å²) in [6.07, 6.45) is 0.973. The Morgan fingerprint density at radius 2 is 1.96 bits per heavy atom. The van der Waals surface area contributed by atoms with Crippen molar-refractivity contribution in [3.8, 4) is 0 Å². The Hall–Kier alpha value is -1.79. The monoisotopic (exact) mass is 366 g/mol. The number of rotatable bonds is 3. The zero-order valence-corrected chi connectivity index (χ0v) is 16.6. The van der Waals surface area contributed by atoms with Crippen LogP contribution in [0.5, 0.6) is 0 Å². The summed E-state index contributed by atoms with van der Waals surface area (Å²) in [5.74, 6) is -1.56. The van der Waals surface area contributed by atoms with Gasteiger partial charge in [-0.3, -0.25) is 14.5 Å². The lowest BCUT2D eigenvalue weighted by atomic mass is 9.73. The molecule has 3 rings (SSSR count). The number of hydrogen-bond acceptors (Lipinski definition) is 5. The molecular formula is C19H30N2O5. The van der Waals surface area contributed by atoms with E-state index in [4.69, 9.17) is 9.47 Å². The molecule has 146 valence electrons. The first-order valence-corrected chi connectivity index (χ1v) is 9.53. The fourth-order valence-corrected chi connectivity index (χ4v) is 4.97. The molecule has 0 unspecified atom stereocenters. The summed E-state index contributed by atoms with van der Waals surface area (Å²) in [6.45, 7) is 11.8. The van der Waals surface area contributed by atoms with Gasteiger partial charge < -0.3 is 14.4 Å². The molecule has 3 heterocycles. The number of carbonyl (C=O) groups excluding carboxylic acids is 3. The molecule has 1 spiro atoms. The molecule has 3 saturated heterocycles. The first-order valence-electron chi connectivity index (χ1n) is 9.53. The SMILES string of the molecule is CCOC(=O)[C@@H]1[C@@H]2CC[C@@]3(CN(C(C)C)C(=O)[C@@H]13)N2C(=O)OC(C)(C)C. The fraction of sp³-hybridized carbons (Fsp3) is 0.842. The van der Waals surface area contributed by atoms with E-state index in [9.17, 15) is 14.4 Å². The van der Waals surface area contributed by atoms with Gasteiger partial charge in [-0.2, -0.15) is 0 Å². The molecule has 3 aliphatic rings. The van der Waals surface area contributed by atoms with Gasteiger partial charge >= 0.3 is 12.1 Å². The van der Waals surface area contributed by atoms with E-state index in [0.717, 1.165) is 0 Å². The number of fused-ring (bicyclic) bond motifs is 1. The third-order valence-corrected chi connectivity index (χ3v) is 5.80. The van der Waals surface area contributed by atoms with Crippen molar-refractivity contribution in [2.75, 3.05) is 13.2 Å². The largest absolute Gasteiger partial charge is 0.466 e. The topological polar surface area (TPSA) is 76.2 Å². The van der Waals surface area contributed by atoms with E-state index >= 15 is 0 Å². The van der Waals surface area contributed by atoms with Crippen LogP contribution >= 0.6 is 0 Å². The molecule has 7 nitrogen and oxygen atoms in total. The van der Waals surface area contributed by atoms with Crippen LogP contribution in [-0.2, 0) is 19.1 Å².